The van der Waals surface area contributed by atoms with Gasteiger partial charge in [0, 0.05) is 6.20 Å². The fourth-order valence-electron chi connectivity index (χ4n) is 1.35. The zero-order valence-electron chi connectivity index (χ0n) is 8.72. The van der Waals surface area contributed by atoms with Gasteiger partial charge in [-0.1, -0.05) is 13.8 Å². The van der Waals surface area contributed by atoms with Gasteiger partial charge in [0.05, 0.1) is 12.8 Å². The second-order valence-electron chi connectivity index (χ2n) is 3.43. The van der Waals surface area contributed by atoms with E-state index in [-0.39, 0.29) is 17.4 Å². The SMILES string of the molecule is COc1ccnc(C(C)C)c1C(F)(F)F. The summed E-state index contributed by atoms with van der Waals surface area (Å²) < 4.78 is 42.9. The van der Waals surface area contributed by atoms with E-state index in [9.17, 15) is 13.2 Å². The van der Waals surface area contributed by atoms with Crippen molar-refractivity contribution in [2.24, 2.45) is 0 Å². The molecule has 1 aromatic heterocycles. The van der Waals surface area contributed by atoms with Gasteiger partial charge in [-0.25, -0.2) is 0 Å². The predicted molar refractivity (Wildman–Crippen MR) is 49.9 cm³/mol. The van der Waals surface area contributed by atoms with Crippen molar-refractivity contribution in [2.45, 2.75) is 25.9 Å². The summed E-state index contributed by atoms with van der Waals surface area (Å²) in [4.78, 5) is 3.75. The highest BCUT2D eigenvalue weighted by molar-refractivity contribution is 5.39. The Hall–Kier alpha value is -1.26. The third-order valence-corrected chi connectivity index (χ3v) is 1.99. The molecule has 0 radical (unpaired) electrons. The highest BCUT2D eigenvalue weighted by Gasteiger charge is 2.38. The van der Waals surface area contributed by atoms with Gasteiger partial charge in [0.15, 0.2) is 0 Å². The van der Waals surface area contributed by atoms with E-state index in [0.29, 0.717) is 0 Å². The van der Waals surface area contributed by atoms with Crippen LogP contribution >= 0.6 is 0 Å². The van der Waals surface area contributed by atoms with E-state index in [2.05, 4.69) is 4.98 Å². The maximum atomic E-state index is 12.7. The Labute approximate surface area is 86.1 Å². The molecule has 0 unspecified atom stereocenters. The first-order valence-corrected chi connectivity index (χ1v) is 4.48. The highest BCUT2D eigenvalue weighted by Crippen LogP contribution is 2.39. The van der Waals surface area contributed by atoms with Crippen molar-refractivity contribution in [1.29, 1.82) is 0 Å². The Morgan fingerprint density at radius 3 is 2.33 bits per heavy atom. The summed E-state index contributed by atoms with van der Waals surface area (Å²) in [6.07, 6.45) is -3.11. The molecule has 0 bridgehead atoms. The number of halogens is 3. The van der Waals surface area contributed by atoms with Crippen molar-refractivity contribution in [3.05, 3.63) is 23.5 Å². The Morgan fingerprint density at radius 2 is 1.93 bits per heavy atom. The van der Waals surface area contributed by atoms with Crippen LogP contribution in [0.15, 0.2) is 12.3 Å². The number of nitrogens with zero attached hydrogens (tertiary/aromatic N) is 1. The van der Waals surface area contributed by atoms with Crippen molar-refractivity contribution < 1.29 is 17.9 Å². The van der Waals surface area contributed by atoms with Crippen LogP contribution in [0, 0.1) is 0 Å². The van der Waals surface area contributed by atoms with Gasteiger partial charge in [0.25, 0.3) is 0 Å². The van der Waals surface area contributed by atoms with E-state index in [1.165, 1.54) is 19.4 Å². The molecular weight excluding hydrogens is 207 g/mol. The van der Waals surface area contributed by atoms with Crippen molar-refractivity contribution >= 4 is 0 Å². The summed E-state index contributed by atoms with van der Waals surface area (Å²) >= 11 is 0. The van der Waals surface area contributed by atoms with Crippen LogP contribution in [0.3, 0.4) is 0 Å². The van der Waals surface area contributed by atoms with Crippen molar-refractivity contribution in [2.75, 3.05) is 7.11 Å². The fraction of sp³-hybridized carbons (Fsp3) is 0.500. The van der Waals surface area contributed by atoms with Crippen LogP contribution in [0.5, 0.6) is 5.75 Å². The van der Waals surface area contributed by atoms with Crippen molar-refractivity contribution in [3.63, 3.8) is 0 Å². The minimum atomic E-state index is -4.43. The molecule has 0 aliphatic carbocycles. The number of hydrogen-bond acceptors (Lipinski definition) is 2. The minimum absolute atomic E-state index is 0.0156. The number of methoxy groups -OCH3 is 1. The molecular formula is C10H12F3NO. The molecule has 0 fully saturated rings. The average molecular weight is 219 g/mol. The third-order valence-electron chi connectivity index (χ3n) is 1.99. The second-order valence-corrected chi connectivity index (χ2v) is 3.43. The number of pyridine rings is 1. The lowest BCUT2D eigenvalue weighted by molar-refractivity contribution is -0.139. The number of aromatic nitrogens is 1. The summed E-state index contributed by atoms with van der Waals surface area (Å²) in [5.74, 6) is -0.474. The fourth-order valence-corrected chi connectivity index (χ4v) is 1.35. The molecule has 0 aliphatic heterocycles. The van der Waals surface area contributed by atoms with Crippen LogP contribution in [0.2, 0.25) is 0 Å². The molecule has 5 heteroatoms. The molecule has 0 N–H and O–H groups in total. The van der Waals surface area contributed by atoms with E-state index in [0.717, 1.165) is 0 Å². The summed E-state index contributed by atoms with van der Waals surface area (Å²) in [7, 11) is 1.22. The third kappa shape index (κ3) is 2.40. The molecule has 0 saturated heterocycles. The summed E-state index contributed by atoms with van der Waals surface area (Å²) in [5, 5.41) is 0. The maximum absolute atomic E-state index is 12.7. The zero-order valence-corrected chi connectivity index (χ0v) is 8.72. The van der Waals surface area contributed by atoms with E-state index in [4.69, 9.17) is 4.74 Å². The van der Waals surface area contributed by atoms with Gasteiger partial charge in [-0.05, 0) is 12.0 Å². The van der Waals surface area contributed by atoms with E-state index < -0.39 is 11.7 Å². The monoisotopic (exact) mass is 219 g/mol. The van der Waals surface area contributed by atoms with E-state index in [1.54, 1.807) is 13.8 Å². The number of ether oxygens (including phenoxy) is 1. The maximum Gasteiger partial charge on any atom is 0.421 e. The average Bonchev–Trinajstić information content (AvgIpc) is 2.15. The van der Waals surface area contributed by atoms with Crippen LogP contribution < -0.4 is 4.74 Å². The Kier molecular flexibility index (Phi) is 3.21. The second kappa shape index (κ2) is 4.08. The van der Waals surface area contributed by atoms with Crippen molar-refractivity contribution in [3.8, 4) is 5.75 Å². The van der Waals surface area contributed by atoms with Gasteiger partial charge in [0.2, 0.25) is 0 Å². The lowest BCUT2D eigenvalue weighted by atomic mass is 10.0. The predicted octanol–water partition coefficient (Wildman–Crippen LogP) is 3.23. The highest BCUT2D eigenvalue weighted by atomic mass is 19.4. The van der Waals surface area contributed by atoms with Gasteiger partial charge in [-0.15, -0.1) is 0 Å². The van der Waals surface area contributed by atoms with Gasteiger partial charge < -0.3 is 4.74 Å². The van der Waals surface area contributed by atoms with Gasteiger partial charge in [-0.2, -0.15) is 13.2 Å². The number of alkyl halides is 3. The molecule has 0 aliphatic rings. The smallest absolute Gasteiger partial charge is 0.421 e. The normalized spacial score (nSPS) is 11.9. The Bertz CT molecular complexity index is 347. The largest absolute Gasteiger partial charge is 0.496 e. The first-order valence-electron chi connectivity index (χ1n) is 4.48. The van der Waals surface area contributed by atoms with Crippen LogP contribution in [-0.4, -0.2) is 12.1 Å². The first-order chi connectivity index (χ1) is 6.88. The minimum Gasteiger partial charge on any atom is -0.496 e. The Morgan fingerprint density at radius 1 is 1.33 bits per heavy atom. The van der Waals surface area contributed by atoms with E-state index in [1.807, 2.05) is 0 Å². The molecule has 2 nitrogen and oxygen atoms in total. The molecule has 15 heavy (non-hydrogen) atoms. The molecule has 0 atom stereocenters. The van der Waals surface area contributed by atoms with Crippen LogP contribution in [0.4, 0.5) is 13.2 Å². The summed E-state index contributed by atoms with van der Waals surface area (Å²) in [6, 6.07) is 1.22. The molecule has 0 aromatic carbocycles. The molecule has 1 rings (SSSR count). The van der Waals surface area contributed by atoms with Crippen LogP contribution in [0.1, 0.15) is 31.0 Å². The lowest BCUT2D eigenvalue weighted by Crippen LogP contribution is -2.13. The molecule has 1 heterocycles. The molecule has 0 spiro atoms. The number of hydrogen-bond donors (Lipinski definition) is 0. The quantitative estimate of drug-likeness (QED) is 0.761. The summed E-state index contributed by atoms with van der Waals surface area (Å²) in [5.41, 5.74) is -0.760. The summed E-state index contributed by atoms with van der Waals surface area (Å²) in [6.45, 7) is 3.33. The standard InChI is InChI=1S/C10H12F3NO/c1-6(2)9-8(10(11,12)13)7(15-3)4-5-14-9/h4-6H,1-3H3. The van der Waals surface area contributed by atoms with Crippen LogP contribution in [-0.2, 0) is 6.18 Å². The van der Waals surface area contributed by atoms with Gasteiger partial charge in [0.1, 0.15) is 11.3 Å². The molecule has 0 saturated carbocycles. The first kappa shape index (κ1) is 11.8. The van der Waals surface area contributed by atoms with Crippen LogP contribution in [0.25, 0.3) is 0 Å². The van der Waals surface area contributed by atoms with Gasteiger partial charge >= 0.3 is 6.18 Å². The number of rotatable bonds is 2. The molecule has 84 valence electrons. The van der Waals surface area contributed by atoms with Crippen molar-refractivity contribution in [1.82, 2.24) is 4.98 Å². The zero-order chi connectivity index (χ0) is 11.6. The molecule has 1 aromatic rings. The van der Waals surface area contributed by atoms with E-state index >= 15 is 0 Å². The lowest BCUT2D eigenvalue weighted by Gasteiger charge is -2.17. The Balaban J connectivity index is 3.41. The van der Waals surface area contributed by atoms with Gasteiger partial charge in [-0.3, -0.25) is 4.98 Å². The topological polar surface area (TPSA) is 22.1 Å². The molecule has 0 amide bonds.